The molecule has 8 heteroatoms. The van der Waals surface area contributed by atoms with Crippen molar-refractivity contribution in [2.75, 3.05) is 34.9 Å². The third-order valence-electron chi connectivity index (χ3n) is 4.12. The first-order valence-electron chi connectivity index (χ1n) is 8.46. The summed E-state index contributed by atoms with van der Waals surface area (Å²) in [7, 11) is 6.06. The van der Waals surface area contributed by atoms with Gasteiger partial charge in [0.15, 0.2) is 11.5 Å². The summed E-state index contributed by atoms with van der Waals surface area (Å²) in [5, 5.41) is 3.19. The van der Waals surface area contributed by atoms with E-state index >= 15 is 0 Å². The summed E-state index contributed by atoms with van der Waals surface area (Å²) in [6.07, 6.45) is 0. The van der Waals surface area contributed by atoms with Gasteiger partial charge in [-0.05, 0) is 23.8 Å². The number of likely N-dealkylation sites (N-methyl/N-ethyl adjacent to an activating group) is 1. The average Bonchev–Trinajstić information content (AvgIpc) is 2.71. The largest absolute Gasteiger partial charge is 0.493 e. The standard InChI is InChI=1S/C20H23ClN2O5/c1-23(12-13-7-5-6-8-15(13)21)18(24)11-22-20(25)14-9-16(26-2)19(28-4)17(10-14)27-3/h5-10H,11-12H2,1-4H3,(H,22,25). The van der Waals surface area contributed by atoms with Crippen molar-refractivity contribution in [3.63, 3.8) is 0 Å². The highest BCUT2D eigenvalue weighted by atomic mass is 35.5. The molecule has 2 aromatic rings. The molecule has 2 rings (SSSR count). The summed E-state index contributed by atoms with van der Waals surface area (Å²) in [6.45, 7) is 0.189. The van der Waals surface area contributed by atoms with E-state index in [2.05, 4.69) is 5.32 Å². The second kappa shape index (κ2) is 9.85. The van der Waals surface area contributed by atoms with Crippen LogP contribution in [0.3, 0.4) is 0 Å². The number of halogens is 1. The third-order valence-corrected chi connectivity index (χ3v) is 4.49. The van der Waals surface area contributed by atoms with Crippen molar-refractivity contribution in [3.8, 4) is 17.2 Å². The molecule has 150 valence electrons. The Morgan fingerprint density at radius 1 is 1.04 bits per heavy atom. The summed E-state index contributed by atoms with van der Waals surface area (Å²) >= 11 is 6.12. The lowest BCUT2D eigenvalue weighted by molar-refractivity contribution is -0.129. The van der Waals surface area contributed by atoms with Crippen LogP contribution in [0.1, 0.15) is 15.9 Å². The van der Waals surface area contributed by atoms with Gasteiger partial charge in [-0.1, -0.05) is 29.8 Å². The van der Waals surface area contributed by atoms with Crippen LogP contribution in [0.2, 0.25) is 5.02 Å². The van der Waals surface area contributed by atoms with Gasteiger partial charge in [-0.3, -0.25) is 9.59 Å². The van der Waals surface area contributed by atoms with Crippen LogP contribution < -0.4 is 19.5 Å². The van der Waals surface area contributed by atoms with Crippen molar-refractivity contribution in [2.45, 2.75) is 6.54 Å². The summed E-state index contributed by atoms with van der Waals surface area (Å²) in [5.41, 5.74) is 1.12. The summed E-state index contributed by atoms with van der Waals surface area (Å²) in [5.74, 6) is 0.417. The second-order valence-electron chi connectivity index (χ2n) is 5.94. The van der Waals surface area contributed by atoms with E-state index in [-0.39, 0.29) is 18.0 Å². The second-order valence-corrected chi connectivity index (χ2v) is 6.35. The lowest BCUT2D eigenvalue weighted by atomic mass is 10.1. The zero-order valence-electron chi connectivity index (χ0n) is 16.2. The molecule has 0 aliphatic rings. The highest BCUT2D eigenvalue weighted by Crippen LogP contribution is 2.38. The molecule has 0 spiro atoms. The number of amides is 2. The predicted molar refractivity (Wildman–Crippen MR) is 106 cm³/mol. The SMILES string of the molecule is COc1cc(C(=O)NCC(=O)N(C)Cc2ccccc2Cl)cc(OC)c1OC. The average molecular weight is 407 g/mol. The van der Waals surface area contributed by atoms with E-state index in [9.17, 15) is 9.59 Å². The number of nitrogens with zero attached hydrogens (tertiary/aromatic N) is 1. The first kappa shape index (κ1) is 21.4. The van der Waals surface area contributed by atoms with Gasteiger partial charge in [0, 0.05) is 24.2 Å². The van der Waals surface area contributed by atoms with Gasteiger partial charge in [0.2, 0.25) is 11.7 Å². The Morgan fingerprint density at radius 2 is 1.64 bits per heavy atom. The molecule has 2 amide bonds. The molecule has 2 aromatic carbocycles. The highest BCUT2D eigenvalue weighted by Gasteiger charge is 2.18. The van der Waals surface area contributed by atoms with Gasteiger partial charge >= 0.3 is 0 Å². The summed E-state index contributed by atoms with van der Waals surface area (Å²) < 4.78 is 15.7. The van der Waals surface area contributed by atoms with E-state index in [1.807, 2.05) is 18.2 Å². The van der Waals surface area contributed by atoms with Crippen LogP contribution in [0.25, 0.3) is 0 Å². The molecule has 1 N–H and O–H groups in total. The smallest absolute Gasteiger partial charge is 0.251 e. The lowest BCUT2D eigenvalue weighted by Gasteiger charge is -2.18. The van der Waals surface area contributed by atoms with Gasteiger partial charge in [0.05, 0.1) is 27.9 Å². The fourth-order valence-corrected chi connectivity index (χ4v) is 2.77. The van der Waals surface area contributed by atoms with E-state index in [4.69, 9.17) is 25.8 Å². The van der Waals surface area contributed by atoms with Crippen LogP contribution in [0.15, 0.2) is 36.4 Å². The Morgan fingerprint density at radius 3 is 2.18 bits per heavy atom. The van der Waals surface area contributed by atoms with Crippen molar-refractivity contribution in [2.24, 2.45) is 0 Å². The lowest BCUT2D eigenvalue weighted by Crippen LogP contribution is -2.37. The van der Waals surface area contributed by atoms with Crippen LogP contribution in [0, 0.1) is 0 Å². The maximum Gasteiger partial charge on any atom is 0.251 e. The molecule has 0 aliphatic carbocycles. The normalized spacial score (nSPS) is 10.2. The van der Waals surface area contributed by atoms with Gasteiger partial charge in [0.25, 0.3) is 5.91 Å². The Balaban J connectivity index is 2.03. The van der Waals surface area contributed by atoms with Gasteiger partial charge < -0.3 is 24.4 Å². The monoisotopic (exact) mass is 406 g/mol. The fourth-order valence-electron chi connectivity index (χ4n) is 2.58. The van der Waals surface area contributed by atoms with Gasteiger partial charge in [-0.2, -0.15) is 0 Å². The van der Waals surface area contributed by atoms with E-state index in [0.717, 1.165) is 5.56 Å². The van der Waals surface area contributed by atoms with Crippen LogP contribution in [-0.4, -0.2) is 51.6 Å². The van der Waals surface area contributed by atoms with Crippen molar-refractivity contribution in [3.05, 3.63) is 52.5 Å². The Labute approximate surface area is 169 Å². The van der Waals surface area contributed by atoms with Crippen molar-refractivity contribution < 1.29 is 23.8 Å². The van der Waals surface area contributed by atoms with E-state index in [1.54, 1.807) is 13.1 Å². The number of hydrogen-bond acceptors (Lipinski definition) is 5. The van der Waals surface area contributed by atoms with Crippen LogP contribution in [-0.2, 0) is 11.3 Å². The molecule has 0 saturated carbocycles. The number of rotatable bonds is 8. The van der Waals surface area contributed by atoms with Crippen molar-refractivity contribution in [1.82, 2.24) is 10.2 Å². The molecule has 0 fully saturated rings. The number of methoxy groups -OCH3 is 3. The van der Waals surface area contributed by atoms with Crippen LogP contribution >= 0.6 is 11.6 Å². The number of nitrogens with one attached hydrogen (secondary N) is 1. The van der Waals surface area contributed by atoms with Gasteiger partial charge in [-0.25, -0.2) is 0 Å². The molecule has 0 unspecified atom stereocenters. The maximum absolute atomic E-state index is 12.5. The van der Waals surface area contributed by atoms with E-state index in [1.165, 1.54) is 38.4 Å². The van der Waals surface area contributed by atoms with Gasteiger partial charge in [0.1, 0.15) is 0 Å². The fraction of sp³-hybridized carbons (Fsp3) is 0.300. The van der Waals surface area contributed by atoms with Gasteiger partial charge in [-0.15, -0.1) is 0 Å². The Bertz CT molecular complexity index is 831. The molecule has 0 heterocycles. The molecule has 0 radical (unpaired) electrons. The van der Waals surface area contributed by atoms with Crippen molar-refractivity contribution in [1.29, 1.82) is 0 Å². The molecule has 0 aromatic heterocycles. The van der Waals surface area contributed by atoms with Crippen LogP contribution in [0.5, 0.6) is 17.2 Å². The minimum Gasteiger partial charge on any atom is -0.493 e. The Kier molecular flexibility index (Phi) is 7.52. The first-order chi connectivity index (χ1) is 13.4. The molecule has 0 saturated heterocycles. The minimum atomic E-state index is -0.432. The van der Waals surface area contributed by atoms with E-state index < -0.39 is 5.91 Å². The summed E-state index contributed by atoms with van der Waals surface area (Å²) in [4.78, 5) is 26.3. The van der Waals surface area contributed by atoms with Crippen molar-refractivity contribution >= 4 is 23.4 Å². The molecule has 28 heavy (non-hydrogen) atoms. The molecule has 0 bridgehead atoms. The van der Waals surface area contributed by atoms with Crippen LogP contribution in [0.4, 0.5) is 0 Å². The molecular weight excluding hydrogens is 384 g/mol. The third kappa shape index (κ3) is 5.07. The number of ether oxygens (including phenoxy) is 3. The molecule has 0 atom stereocenters. The quantitative estimate of drug-likeness (QED) is 0.729. The predicted octanol–water partition coefficient (Wildman–Crippen LogP) is 2.75. The van der Waals surface area contributed by atoms with E-state index in [0.29, 0.717) is 28.8 Å². The molecule has 7 nitrogen and oxygen atoms in total. The highest BCUT2D eigenvalue weighted by molar-refractivity contribution is 6.31. The number of carbonyl (C=O) groups is 2. The summed E-state index contributed by atoms with van der Waals surface area (Å²) in [6, 6.07) is 10.3. The maximum atomic E-state index is 12.5. The topological polar surface area (TPSA) is 77.1 Å². The zero-order chi connectivity index (χ0) is 20.7. The molecule has 0 aliphatic heterocycles. The number of hydrogen-bond donors (Lipinski definition) is 1. The Hall–Kier alpha value is -2.93. The molecular formula is C20H23ClN2O5. The number of benzene rings is 2. The number of carbonyl (C=O) groups excluding carboxylic acids is 2. The minimum absolute atomic E-state index is 0.156. The first-order valence-corrected chi connectivity index (χ1v) is 8.84. The zero-order valence-corrected chi connectivity index (χ0v) is 17.0.